The van der Waals surface area contributed by atoms with Crippen molar-refractivity contribution >= 4 is 17.5 Å². The first-order chi connectivity index (χ1) is 12.2. The normalized spacial score (nSPS) is 13.6. The van der Waals surface area contributed by atoms with E-state index in [1.54, 1.807) is 0 Å². The molecule has 0 atom stereocenters. The van der Waals surface area contributed by atoms with Crippen LogP contribution in [0, 0.1) is 0 Å². The van der Waals surface area contributed by atoms with Crippen molar-refractivity contribution in [3.05, 3.63) is 76.4 Å². The second kappa shape index (κ2) is 6.73. The summed E-state index contributed by atoms with van der Waals surface area (Å²) in [5.41, 5.74) is 3.92. The van der Waals surface area contributed by atoms with Crippen LogP contribution in [0.5, 0.6) is 0 Å². The van der Waals surface area contributed by atoms with Gasteiger partial charge in [0, 0.05) is 22.7 Å². The van der Waals surface area contributed by atoms with Crippen molar-refractivity contribution in [2.24, 2.45) is 0 Å². The number of fused-ring (bicyclic) bond motifs is 1. The molecule has 126 valence electrons. The third-order valence-electron chi connectivity index (χ3n) is 4.50. The summed E-state index contributed by atoms with van der Waals surface area (Å²) in [6.07, 6.45) is 1.16. The number of rotatable bonds is 3. The van der Waals surface area contributed by atoms with Gasteiger partial charge < -0.3 is 9.42 Å². The molecule has 0 aliphatic carbocycles. The van der Waals surface area contributed by atoms with Gasteiger partial charge in [-0.25, -0.2) is 0 Å². The lowest BCUT2D eigenvalue weighted by Gasteiger charge is -2.26. The molecule has 2 heterocycles. The second-order valence-electron chi connectivity index (χ2n) is 6.17. The molecule has 3 aromatic rings. The summed E-state index contributed by atoms with van der Waals surface area (Å²) in [6, 6.07) is 17.3. The molecule has 0 saturated carbocycles. The smallest absolute Gasteiger partial charge is 0.227 e. The van der Waals surface area contributed by atoms with Gasteiger partial charge in [0.25, 0.3) is 0 Å². The van der Waals surface area contributed by atoms with Gasteiger partial charge in [-0.05, 0) is 36.2 Å². The van der Waals surface area contributed by atoms with Crippen LogP contribution in [0.4, 0.5) is 0 Å². The molecule has 0 radical (unpaired) electrons. The van der Waals surface area contributed by atoms with Gasteiger partial charge in [0.05, 0.1) is 13.0 Å². The number of halogens is 1. The maximum Gasteiger partial charge on any atom is 0.227 e. The van der Waals surface area contributed by atoms with E-state index in [9.17, 15) is 4.79 Å². The third-order valence-corrected chi connectivity index (χ3v) is 4.75. The summed E-state index contributed by atoms with van der Waals surface area (Å²) in [5.74, 6) is 0.898. The predicted octanol–water partition coefficient (Wildman–Crippen LogP) is 4.12. The molecule has 4 rings (SSSR count). The fourth-order valence-electron chi connectivity index (χ4n) is 3.15. The maximum atomic E-state index is 12.5. The minimum absolute atomic E-state index is 0.118. The monoisotopic (exact) mass is 352 g/mol. The zero-order valence-electron chi connectivity index (χ0n) is 13.6. The molecular formula is C20H17ClN2O2. The molecule has 2 aromatic carbocycles. The van der Waals surface area contributed by atoms with E-state index in [0.717, 1.165) is 34.6 Å². The van der Waals surface area contributed by atoms with Crippen molar-refractivity contribution in [2.45, 2.75) is 19.4 Å². The highest BCUT2D eigenvalue weighted by Crippen LogP contribution is 2.31. The first kappa shape index (κ1) is 15.9. The lowest BCUT2D eigenvalue weighted by Crippen LogP contribution is -2.36. The minimum Gasteiger partial charge on any atom is -0.356 e. The Labute approximate surface area is 151 Å². The van der Waals surface area contributed by atoms with Crippen LogP contribution in [0.1, 0.15) is 16.8 Å². The standard InChI is InChI=1S/C20H17ClN2O2/c21-16-8-6-15(7-9-16)20-17-10-11-23(13-18(17)22-25-20)19(24)12-14-4-2-1-3-5-14/h1-9H,10-13H2. The number of hydrogen-bond donors (Lipinski definition) is 0. The summed E-state index contributed by atoms with van der Waals surface area (Å²) in [6.45, 7) is 1.18. The average Bonchev–Trinajstić information content (AvgIpc) is 3.06. The maximum absolute atomic E-state index is 12.5. The Morgan fingerprint density at radius 1 is 1.12 bits per heavy atom. The SMILES string of the molecule is O=C(Cc1ccccc1)N1CCc2c(noc2-c2ccc(Cl)cc2)C1. The van der Waals surface area contributed by atoms with Crippen molar-refractivity contribution in [3.8, 4) is 11.3 Å². The van der Waals surface area contributed by atoms with Crippen LogP contribution in [0.3, 0.4) is 0 Å². The van der Waals surface area contributed by atoms with Crippen molar-refractivity contribution in [3.63, 3.8) is 0 Å². The fraction of sp³-hybridized carbons (Fsp3) is 0.200. The summed E-state index contributed by atoms with van der Waals surface area (Å²) >= 11 is 5.95. The van der Waals surface area contributed by atoms with Gasteiger partial charge >= 0.3 is 0 Å². The van der Waals surface area contributed by atoms with Gasteiger partial charge in [0.15, 0.2) is 5.76 Å². The van der Waals surface area contributed by atoms with Gasteiger partial charge in [-0.2, -0.15) is 0 Å². The van der Waals surface area contributed by atoms with Gasteiger partial charge in [-0.15, -0.1) is 0 Å². The van der Waals surface area contributed by atoms with Crippen molar-refractivity contribution < 1.29 is 9.32 Å². The predicted molar refractivity (Wildman–Crippen MR) is 96.2 cm³/mol. The van der Waals surface area contributed by atoms with Gasteiger partial charge in [0.2, 0.25) is 5.91 Å². The molecule has 0 spiro atoms. The summed E-state index contributed by atoms with van der Waals surface area (Å²) in [5, 5.41) is 4.88. The number of hydrogen-bond acceptors (Lipinski definition) is 3. The fourth-order valence-corrected chi connectivity index (χ4v) is 3.28. The molecule has 0 saturated heterocycles. The van der Waals surface area contributed by atoms with E-state index < -0.39 is 0 Å². The lowest BCUT2D eigenvalue weighted by atomic mass is 10.00. The van der Waals surface area contributed by atoms with E-state index >= 15 is 0 Å². The van der Waals surface area contributed by atoms with Crippen LogP contribution < -0.4 is 0 Å². The van der Waals surface area contributed by atoms with Crippen molar-refractivity contribution in [2.75, 3.05) is 6.54 Å². The number of benzene rings is 2. The van der Waals surface area contributed by atoms with E-state index in [1.807, 2.05) is 59.5 Å². The largest absolute Gasteiger partial charge is 0.356 e. The second-order valence-corrected chi connectivity index (χ2v) is 6.61. The Morgan fingerprint density at radius 3 is 2.64 bits per heavy atom. The van der Waals surface area contributed by atoms with E-state index in [-0.39, 0.29) is 5.91 Å². The molecule has 5 heteroatoms. The van der Waals surface area contributed by atoms with Gasteiger partial charge in [-0.3, -0.25) is 4.79 Å². The minimum atomic E-state index is 0.118. The Kier molecular flexibility index (Phi) is 4.28. The van der Waals surface area contributed by atoms with Crippen LogP contribution in [-0.2, 0) is 24.2 Å². The molecule has 0 fully saturated rings. The first-order valence-electron chi connectivity index (χ1n) is 8.26. The molecule has 0 unspecified atom stereocenters. The topological polar surface area (TPSA) is 46.3 Å². The van der Waals surface area contributed by atoms with Crippen LogP contribution in [0.15, 0.2) is 59.1 Å². The number of nitrogens with zero attached hydrogens (tertiary/aromatic N) is 2. The van der Waals surface area contributed by atoms with E-state index in [1.165, 1.54) is 0 Å². The third kappa shape index (κ3) is 3.30. The molecule has 1 amide bonds. The lowest BCUT2D eigenvalue weighted by molar-refractivity contribution is -0.131. The highest BCUT2D eigenvalue weighted by molar-refractivity contribution is 6.30. The molecular weight excluding hydrogens is 336 g/mol. The average molecular weight is 353 g/mol. The molecule has 0 bridgehead atoms. The van der Waals surface area contributed by atoms with Crippen LogP contribution in [-0.4, -0.2) is 22.5 Å². The van der Waals surface area contributed by atoms with Crippen molar-refractivity contribution in [1.29, 1.82) is 0 Å². The molecule has 1 aliphatic heterocycles. The molecule has 0 N–H and O–H groups in total. The van der Waals surface area contributed by atoms with E-state index in [0.29, 0.717) is 24.5 Å². The van der Waals surface area contributed by atoms with Crippen LogP contribution in [0.2, 0.25) is 5.02 Å². The van der Waals surface area contributed by atoms with Gasteiger partial charge in [-0.1, -0.05) is 47.1 Å². The Bertz CT molecular complexity index is 888. The quantitative estimate of drug-likeness (QED) is 0.712. The summed E-state index contributed by atoms with van der Waals surface area (Å²) in [7, 11) is 0. The van der Waals surface area contributed by atoms with Crippen LogP contribution >= 0.6 is 11.6 Å². The highest BCUT2D eigenvalue weighted by Gasteiger charge is 2.27. The Hall–Kier alpha value is -2.59. The summed E-state index contributed by atoms with van der Waals surface area (Å²) < 4.78 is 5.56. The van der Waals surface area contributed by atoms with E-state index in [2.05, 4.69) is 5.16 Å². The summed E-state index contributed by atoms with van der Waals surface area (Å²) in [4.78, 5) is 14.4. The number of carbonyl (C=O) groups excluding carboxylic acids is 1. The Balaban J connectivity index is 1.51. The number of amides is 1. The zero-order chi connectivity index (χ0) is 17.2. The highest BCUT2D eigenvalue weighted by atomic mass is 35.5. The zero-order valence-corrected chi connectivity index (χ0v) is 14.4. The molecule has 1 aliphatic rings. The number of carbonyl (C=O) groups is 1. The van der Waals surface area contributed by atoms with Gasteiger partial charge in [0.1, 0.15) is 5.69 Å². The molecule has 1 aromatic heterocycles. The molecule has 25 heavy (non-hydrogen) atoms. The van der Waals surface area contributed by atoms with E-state index in [4.69, 9.17) is 16.1 Å². The Morgan fingerprint density at radius 2 is 1.88 bits per heavy atom. The first-order valence-corrected chi connectivity index (χ1v) is 8.63. The van der Waals surface area contributed by atoms with Crippen molar-refractivity contribution in [1.82, 2.24) is 10.1 Å². The molecule has 4 nitrogen and oxygen atoms in total. The van der Waals surface area contributed by atoms with Crippen LogP contribution in [0.25, 0.3) is 11.3 Å². The number of aromatic nitrogens is 1.